The van der Waals surface area contributed by atoms with Gasteiger partial charge in [0.05, 0.1) is 0 Å². The summed E-state index contributed by atoms with van der Waals surface area (Å²) in [4.78, 5) is 0. The highest BCUT2D eigenvalue weighted by Gasteiger charge is 2.14. The van der Waals surface area contributed by atoms with Gasteiger partial charge in [-0.3, -0.25) is 0 Å². The molecular weight excluding hydrogens is 136 g/mol. The molecule has 0 unspecified atom stereocenters. The monoisotopic (exact) mass is 149 g/mol. The van der Waals surface area contributed by atoms with Gasteiger partial charge in [0.15, 0.2) is 0 Å². The van der Waals surface area contributed by atoms with E-state index in [9.17, 15) is 0 Å². The first-order valence-electron chi connectivity index (χ1n) is 2.93. The highest BCUT2D eigenvalue weighted by Crippen LogP contribution is 2.31. The fraction of sp³-hybridized carbons (Fsp3) is 1.00. The third-order valence-corrected chi connectivity index (χ3v) is 3.09. The van der Waals surface area contributed by atoms with Crippen molar-refractivity contribution in [3.8, 4) is 0 Å². The molecule has 49 valence electrons. The van der Waals surface area contributed by atoms with Crippen molar-refractivity contribution < 1.29 is 0 Å². The number of rotatable bonds is 3. The van der Waals surface area contributed by atoms with Gasteiger partial charge in [0.25, 0.3) is 0 Å². The van der Waals surface area contributed by atoms with Gasteiger partial charge >= 0.3 is 0 Å². The molecule has 0 saturated heterocycles. The zero-order valence-corrected chi connectivity index (χ0v) is 7.36. The summed E-state index contributed by atoms with van der Waals surface area (Å²) in [6.07, 6.45) is 2.46. The predicted molar refractivity (Wildman–Crippen MR) is 44.2 cm³/mol. The van der Waals surface area contributed by atoms with Crippen LogP contribution in [0.4, 0.5) is 0 Å². The molecule has 0 atom stereocenters. The number of hydrogen-bond donors (Lipinski definition) is 0. The zero-order valence-electron chi connectivity index (χ0n) is 5.73. The van der Waals surface area contributed by atoms with Crippen molar-refractivity contribution >= 4 is 22.5 Å². The topological polar surface area (TPSA) is 0 Å². The van der Waals surface area contributed by atoms with Crippen LogP contribution in [0.2, 0.25) is 0 Å². The van der Waals surface area contributed by atoms with Gasteiger partial charge in [-0.15, -0.1) is 0 Å². The Balaban J connectivity index is 3.37. The van der Waals surface area contributed by atoms with Gasteiger partial charge in [0, 0.05) is 4.75 Å². The minimum Gasteiger partial charge on any atom is -0.0755 e. The lowest BCUT2D eigenvalue weighted by Crippen LogP contribution is -2.10. The summed E-state index contributed by atoms with van der Waals surface area (Å²) in [5.74, 6) is 0. The highest BCUT2D eigenvalue weighted by molar-refractivity contribution is 8.69. The standard InChI is InChI=1S/C6H13S2/c1-4-5-6(2,3)8-7/h4-5H2,1-3H3. The first kappa shape index (κ1) is 8.70. The smallest absolute Gasteiger partial charge is 0.0215 e. The Kier molecular flexibility index (Phi) is 4.00. The Hall–Kier alpha value is 0.700. The second-order valence-corrected chi connectivity index (χ2v) is 4.36. The molecule has 0 rings (SSSR count). The van der Waals surface area contributed by atoms with E-state index in [2.05, 4.69) is 20.8 Å². The molecule has 8 heavy (non-hydrogen) atoms. The van der Waals surface area contributed by atoms with E-state index < -0.39 is 0 Å². The Labute approximate surface area is 61.2 Å². The molecule has 0 aromatic rings. The van der Waals surface area contributed by atoms with Crippen molar-refractivity contribution in [1.82, 2.24) is 0 Å². The van der Waals surface area contributed by atoms with Crippen molar-refractivity contribution in [3.63, 3.8) is 0 Å². The van der Waals surface area contributed by atoms with Crippen molar-refractivity contribution in [2.75, 3.05) is 0 Å². The van der Waals surface area contributed by atoms with Gasteiger partial charge in [-0.05, 0) is 31.9 Å². The van der Waals surface area contributed by atoms with Gasteiger partial charge < -0.3 is 0 Å². The fourth-order valence-corrected chi connectivity index (χ4v) is 1.18. The molecule has 0 spiro atoms. The molecule has 0 N–H and O–H groups in total. The largest absolute Gasteiger partial charge is 0.0755 e. The molecule has 0 saturated carbocycles. The minimum absolute atomic E-state index is 0.323. The Bertz CT molecular complexity index is 59.5. The number of hydrogen-bond acceptors (Lipinski definition) is 1. The minimum atomic E-state index is 0.323. The Morgan fingerprint density at radius 3 is 2.12 bits per heavy atom. The van der Waals surface area contributed by atoms with Crippen LogP contribution in [0.25, 0.3) is 0 Å². The lowest BCUT2D eigenvalue weighted by Gasteiger charge is -2.18. The summed E-state index contributed by atoms with van der Waals surface area (Å²) in [7, 11) is 1.54. The molecule has 2 heteroatoms. The molecule has 0 fully saturated rings. The van der Waals surface area contributed by atoms with Crippen molar-refractivity contribution in [1.29, 1.82) is 0 Å². The molecule has 0 aliphatic carbocycles. The summed E-state index contributed by atoms with van der Waals surface area (Å²) in [6, 6.07) is 0. The van der Waals surface area contributed by atoms with Gasteiger partial charge in [-0.2, -0.15) is 0 Å². The molecular formula is C6H13S2. The molecule has 0 bridgehead atoms. The van der Waals surface area contributed by atoms with Crippen molar-refractivity contribution in [2.45, 2.75) is 38.4 Å². The van der Waals surface area contributed by atoms with Crippen LogP contribution in [-0.2, 0) is 0 Å². The normalized spacial score (nSPS) is 12.0. The maximum atomic E-state index is 4.87. The maximum Gasteiger partial charge on any atom is 0.0215 e. The van der Waals surface area contributed by atoms with Crippen molar-refractivity contribution in [3.05, 3.63) is 0 Å². The molecule has 0 heterocycles. The van der Waals surface area contributed by atoms with Gasteiger partial charge in [-0.25, -0.2) is 0 Å². The van der Waals surface area contributed by atoms with Crippen LogP contribution in [0.15, 0.2) is 0 Å². The first-order chi connectivity index (χ1) is 3.62. The third kappa shape index (κ3) is 3.67. The van der Waals surface area contributed by atoms with Gasteiger partial charge in [0.2, 0.25) is 0 Å². The molecule has 0 aromatic heterocycles. The van der Waals surface area contributed by atoms with Gasteiger partial charge in [-0.1, -0.05) is 24.1 Å². The van der Waals surface area contributed by atoms with Crippen LogP contribution in [0, 0.1) is 0 Å². The third-order valence-electron chi connectivity index (χ3n) is 1.08. The Morgan fingerprint density at radius 2 is 2.00 bits per heavy atom. The molecule has 0 nitrogen and oxygen atoms in total. The van der Waals surface area contributed by atoms with Gasteiger partial charge in [0.1, 0.15) is 0 Å². The van der Waals surface area contributed by atoms with Crippen LogP contribution >= 0.6 is 22.5 Å². The van der Waals surface area contributed by atoms with E-state index in [4.69, 9.17) is 11.7 Å². The first-order valence-corrected chi connectivity index (χ1v) is 4.67. The van der Waals surface area contributed by atoms with E-state index in [1.54, 1.807) is 0 Å². The summed E-state index contributed by atoms with van der Waals surface area (Å²) in [5, 5.41) is 0. The Morgan fingerprint density at radius 1 is 1.50 bits per heavy atom. The van der Waals surface area contributed by atoms with Crippen LogP contribution < -0.4 is 0 Å². The van der Waals surface area contributed by atoms with Crippen LogP contribution in [0.1, 0.15) is 33.6 Å². The summed E-state index contributed by atoms with van der Waals surface area (Å²) in [6.45, 7) is 6.57. The van der Waals surface area contributed by atoms with Crippen molar-refractivity contribution in [2.24, 2.45) is 0 Å². The van der Waals surface area contributed by atoms with E-state index >= 15 is 0 Å². The summed E-state index contributed by atoms with van der Waals surface area (Å²) < 4.78 is 0.323. The molecule has 0 aliphatic heterocycles. The molecule has 0 amide bonds. The average molecular weight is 149 g/mol. The lowest BCUT2D eigenvalue weighted by molar-refractivity contribution is 0.631. The molecule has 0 aromatic carbocycles. The second kappa shape index (κ2) is 3.67. The summed E-state index contributed by atoms with van der Waals surface area (Å²) in [5.41, 5.74) is 0. The fourth-order valence-electron chi connectivity index (χ4n) is 0.644. The quantitative estimate of drug-likeness (QED) is 0.554. The maximum absolute atomic E-state index is 4.87. The SMILES string of the molecule is CCCC(C)(C)S[S]. The van der Waals surface area contributed by atoms with Crippen LogP contribution in [-0.4, -0.2) is 4.75 Å². The van der Waals surface area contributed by atoms with E-state index in [1.165, 1.54) is 23.6 Å². The average Bonchev–Trinajstić information content (AvgIpc) is 1.67. The van der Waals surface area contributed by atoms with E-state index in [-0.39, 0.29) is 0 Å². The van der Waals surface area contributed by atoms with Crippen LogP contribution in [0.5, 0.6) is 0 Å². The predicted octanol–water partition coefficient (Wildman–Crippen LogP) is 3.41. The summed E-state index contributed by atoms with van der Waals surface area (Å²) >= 11 is 4.87. The van der Waals surface area contributed by atoms with E-state index in [0.717, 1.165) is 0 Å². The zero-order chi connectivity index (χ0) is 6.62. The molecule has 0 aliphatic rings. The second-order valence-electron chi connectivity index (χ2n) is 2.59. The highest BCUT2D eigenvalue weighted by atomic mass is 33.1. The van der Waals surface area contributed by atoms with Crippen LogP contribution in [0.3, 0.4) is 0 Å². The van der Waals surface area contributed by atoms with E-state index in [0.29, 0.717) is 4.75 Å². The molecule has 1 radical (unpaired) electrons. The van der Waals surface area contributed by atoms with E-state index in [1.807, 2.05) is 0 Å². The lowest BCUT2D eigenvalue weighted by atomic mass is 10.1.